The highest BCUT2D eigenvalue weighted by Crippen LogP contribution is 2.28. The second-order valence-corrected chi connectivity index (χ2v) is 10.4. The summed E-state index contributed by atoms with van der Waals surface area (Å²) in [5.74, 6) is -0.233. The predicted octanol–water partition coefficient (Wildman–Crippen LogP) is 4.68. The van der Waals surface area contributed by atoms with E-state index in [4.69, 9.17) is 21.3 Å². The quantitative estimate of drug-likeness (QED) is 0.197. The smallest absolute Gasteiger partial charge is 0.307 e. The van der Waals surface area contributed by atoms with Gasteiger partial charge in [-0.15, -0.1) is 5.10 Å². The van der Waals surface area contributed by atoms with Gasteiger partial charge in [-0.1, -0.05) is 73.5 Å². The molecule has 0 unspecified atom stereocenters. The number of nitrogens with zero attached hydrogens (tertiary/aromatic N) is 6. The molecule has 43 heavy (non-hydrogen) atoms. The molecule has 11 nitrogen and oxygen atoms in total. The molecule has 0 spiro atoms. The van der Waals surface area contributed by atoms with Crippen LogP contribution >= 0.6 is 11.6 Å². The summed E-state index contributed by atoms with van der Waals surface area (Å²) in [5.41, 5.74) is 5.48. The topological polar surface area (TPSA) is 141 Å². The molecule has 0 fully saturated rings. The zero-order valence-corrected chi connectivity index (χ0v) is 24.6. The number of ether oxygens (including phenoxy) is 1. The van der Waals surface area contributed by atoms with Gasteiger partial charge in [-0.2, -0.15) is 5.10 Å². The fraction of sp³-hybridized carbons (Fsp3) is 0.258. The third-order valence-corrected chi connectivity index (χ3v) is 7.33. The summed E-state index contributed by atoms with van der Waals surface area (Å²) in [6, 6.07) is 20.3. The van der Waals surface area contributed by atoms with Gasteiger partial charge in [0, 0.05) is 34.1 Å². The van der Waals surface area contributed by atoms with Crippen molar-refractivity contribution in [3.63, 3.8) is 0 Å². The number of hydrogen-bond acceptors (Lipinski definition) is 8. The number of hydrogen-bond donors (Lipinski definition) is 2. The van der Waals surface area contributed by atoms with Gasteiger partial charge in [0.2, 0.25) is 0 Å². The molecule has 2 N–H and O–H groups in total. The molecule has 0 radical (unpaired) electrons. The molecular weight excluding hydrogens is 568 g/mol. The molecule has 0 saturated carbocycles. The van der Waals surface area contributed by atoms with Gasteiger partial charge in [0.25, 0.3) is 5.91 Å². The van der Waals surface area contributed by atoms with E-state index in [1.165, 1.54) is 7.11 Å². The van der Waals surface area contributed by atoms with Crippen molar-refractivity contribution in [1.29, 1.82) is 0 Å². The molecule has 1 amide bonds. The molecule has 0 saturated heterocycles. The Morgan fingerprint density at radius 3 is 2.56 bits per heavy atom. The molecular formula is C31H31ClN8O3. The van der Waals surface area contributed by atoms with Crippen LogP contribution in [0.4, 0.5) is 0 Å². The van der Waals surface area contributed by atoms with Crippen LogP contribution in [-0.4, -0.2) is 60.4 Å². The number of aryl methyl sites for hydroxylation is 1. The van der Waals surface area contributed by atoms with E-state index in [9.17, 15) is 9.59 Å². The van der Waals surface area contributed by atoms with E-state index in [1.54, 1.807) is 18.3 Å². The van der Waals surface area contributed by atoms with Crippen molar-refractivity contribution in [2.75, 3.05) is 7.11 Å². The van der Waals surface area contributed by atoms with Gasteiger partial charge >= 0.3 is 5.97 Å². The fourth-order valence-electron chi connectivity index (χ4n) is 4.84. The molecule has 2 aromatic carbocycles. The van der Waals surface area contributed by atoms with E-state index in [2.05, 4.69) is 38.0 Å². The lowest BCUT2D eigenvalue weighted by Gasteiger charge is -2.18. The SMILES string of the molecule is CCCc1cc(C(=O)N[C@@H](CC(=O)OC)Cc2ccccc2Cl)nn1Cc1ccc(-c2ccccc2-c2nnn[nH]2)nc1. The maximum Gasteiger partial charge on any atom is 0.307 e. The van der Waals surface area contributed by atoms with Gasteiger partial charge in [0.15, 0.2) is 5.82 Å². The standard InChI is InChI=1S/C31H31ClN8O3/c1-3-8-23-17-28(31(42)34-22(16-29(41)43-2)15-21-9-4-7-12-26(21)32)37-40(23)19-20-13-14-27(33-18-20)24-10-5-6-11-25(24)30-35-38-39-36-30/h4-7,9-14,17-18,22H,3,8,15-16,19H2,1-2H3,(H,34,42)(H,35,36,38,39)/t22-/m1/s1. The Hall–Kier alpha value is -4.90. The van der Waals surface area contributed by atoms with Crippen LogP contribution in [0.2, 0.25) is 5.02 Å². The minimum Gasteiger partial charge on any atom is -0.469 e. The van der Waals surface area contributed by atoms with Gasteiger partial charge in [0.05, 0.1) is 25.8 Å². The average molecular weight is 599 g/mol. The maximum atomic E-state index is 13.4. The lowest BCUT2D eigenvalue weighted by molar-refractivity contribution is -0.141. The van der Waals surface area contributed by atoms with Crippen LogP contribution in [0.25, 0.3) is 22.6 Å². The van der Waals surface area contributed by atoms with Crippen molar-refractivity contribution in [2.45, 2.75) is 45.2 Å². The van der Waals surface area contributed by atoms with Crippen molar-refractivity contribution in [2.24, 2.45) is 0 Å². The summed E-state index contributed by atoms with van der Waals surface area (Å²) in [5, 5.41) is 22.4. The number of aromatic amines is 1. The number of nitrogens with one attached hydrogen (secondary N) is 2. The van der Waals surface area contributed by atoms with Crippen molar-refractivity contribution < 1.29 is 14.3 Å². The van der Waals surface area contributed by atoms with E-state index >= 15 is 0 Å². The van der Waals surface area contributed by atoms with Crippen LogP contribution < -0.4 is 5.32 Å². The first kappa shape index (κ1) is 29.6. The van der Waals surface area contributed by atoms with Crippen molar-refractivity contribution in [3.05, 3.63) is 100 Å². The van der Waals surface area contributed by atoms with Gasteiger partial charge < -0.3 is 10.1 Å². The first-order chi connectivity index (χ1) is 20.9. The zero-order valence-electron chi connectivity index (χ0n) is 23.8. The normalized spacial score (nSPS) is 11.7. The molecule has 0 aliphatic carbocycles. The minimum absolute atomic E-state index is 0.00405. The number of carbonyl (C=O) groups is 2. The van der Waals surface area contributed by atoms with Crippen LogP contribution in [0.15, 0.2) is 72.9 Å². The molecule has 3 aromatic heterocycles. The number of tetrazole rings is 1. The lowest BCUT2D eigenvalue weighted by atomic mass is 10.0. The Labute approximate surface area is 253 Å². The third kappa shape index (κ3) is 7.31. The maximum absolute atomic E-state index is 13.4. The van der Waals surface area contributed by atoms with Crippen LogP contribution in [0, 0.1) is 0 Å². The predicted molar refractivity (Wildman–Crippen MR) is 161 cm³/mol. The first-order valence-corrected chi connectivity index (χ1v) is 14.3. The number of amides is 1. The Morgan fingerprint density at radius 2 is 1.86 bits per heavy atom. The number of pyridine rings is 1. The molecule has 3 heterocycles. The molecule has 0 bridgehead atoms. The number of halogens is 1. The summed E-state index contributed by atoms with van der Waals surface area (Å²) in [6.07, 6.45) is 3.81. The minimum atomic E-state index is -0.521. The van der Waals surface area contributed by atoms with E-state index in [0.29, 0.717) is 23.8 Å². The highest BCUT2D eigenvalue weighted by atomic mass is 35.5. The number of H-pyrrole nitrogens is 1. The van der Waals surface area contributed by atoms with Crippen molar-refractivity contribution in [3.8, 4) is 22.6 Å². The number of rotatable bonds is 12. The summed E-state index contributed by atoms with van der Waals surface area (Å²) in [6.45, 7) is 2.51. The Morgan fingerprint density at radius 1 is 1.07 bits per heavy atom. The zero-order chi connectivity index (χ0) is 30.2. The van der Waals surface area contributed by atoms with Gasteiger partial charge in [-0.3, -0.25) is 19.3 Å². The Bertz CT molecular complexity index is 1690. The summed E-state index contributed by atoms with van der Waals surface area (Å²) < 4.78 is 6.69. The van der Waals surface area contributed by atoms with E-state index in [0.717, 1.165) is 46.5 Å². The van der Waals surface area contributed by atoms with Crippen LogP contribution in [-0.2, 0) is 28.9 Å². The molecule has 0 aliphatic rings. The summed E-state index contributed by atoms with van der Waals surface area (Å²) in [7, 11) is 1.32. The van der Waals surface area contributed by atoms with Gasteiger partial charge in [-0.25, -0.2) is 5.10 Å². The third-order valence-electron chi connectivity index (χ3n) is 6.96. The number of benzene rings is 2. The monoisotopic (exact) mass is 598 g/mol. The molecule has 0 aliphatic heterocycles. The van der Waals surface area contributed by atoms with Crippen LogP contribution in [0.3, 0.4) is 0 Å². The second-order valence-electron chi connectivity index (χ2n) is 10.0. The van der Waals surface area contributed by atoms with Crippen molar-refractivity contribution in [1.82, 2.24) is 40.7 Å². The first-order valence-electron chi connectivity index (χ1n) is 13.9. The van der Waals surface area contributed by atoms with Crippen LogP contribution in [0.5, 0.6) is 0 Å². The van der Waals surface area contributed by atoms with Gasteiger partial charge in [0.1, 0.15) is 5.69 Å². The van der Waals surface area contributed by atoms with Crippen LogP contribution in [0.1, 0.15) is 47.1 Å². The number of aromatic nitrogens is 7. The summed E-state index contributed by atoms with van der Waals surface area (Å²) in [4.78, 5) is 30.2. The molecule has 1 atom stereocenters. The van der Waals surface area contributed by atoms with E-state index in [-0.39, 0.29) is 18.0 Å². The highest BCUT2D eigenvalue weighted by Gasteiger charge is 2.22. The lowest BCUT2D eigenvalue weighted by Crippen LogP contribution is -2.38. The van der Waals surface area contributed by atoms with E-state index < -0.39 is 12.0 Å². The van der Waals surface area contributed by atoms with Crippen molar-refractivity contribution >= 4 is 23.5 Å². The molecule has 220 valence electrons. The Kier molecular flexibility index (Phi) is 9.52. The second kappa shape index (κ2) is 13.8. The van der Waals surface area contributed by atoms with Gasteiger partial charge in [-0.05, 0) is 52.6 Å². The average Bonchev–Trinajstić information content (AvgIpc) is 3.70. The molecule has 5 rings (SSSR count). The van der Waals surface area contributed by atoms with E-state index in [1.807, 2.05) is 59.3 Å². The molecule has 12 heteroatoms. The summed E-state index contributed by atoms with van der Waals surface area (Å²) >= 11 is 6.34. The number of methoxy groups -OCH3 is 1. The number of carbonyl (C=O) groups excluding carboxylic acids is 2. The Balaban J connectivity index is 1.33. The number of esters is 1. The largest absolute Gasteiger partial charge is 0.469 e. The highest BCUT2D eigenvalue weighted by molar-refractivity contribution is 6.31. The molecule has 5 aromatic rings. The fourth-order valence-corrected chi connectivity index (χ4v) is 5.06.